The molecule has 1 saturated heterocycles. The molecule has 0 aromatic heterocycles. The molecule has 1 aliphatic heterocycles. The Kier molecular flexibility index (Phi) is 3.80. The van der Waals surface area contributed by atoms with Gasteiger partial charge >= 0.3 is 6.09 Å². The average Bonchev–Trinajstić information content (AvgIpc) is 2.25. The molecule has 104 valence electrons. The van der Waals surface area contributed by atoms with E-state index in [-0.39, 0.29) is 12.7 Å². The van der Waals surface area contributed by atoms with Crippen LogP contribution in [0.2, 0.25) is 0 Å². The highest BCUT2D eigenvalue weighted by Gasteiger charge is 2.34. The van der Waals surface area contributed by atoms with Crippen LogP contribution in [-0.2, 0) is 11.3 Å². The first-order valence-electron chi connectivity index (χ1n) is 6.56. The molecular formula is C15H21NO3. The molecule has 1 fully saturated rings. The summed E-state index contributed by atoms with van der Waals surface area (Å²) in [6.45, 7) is 7.08. The molecule has 0 radical (unpaired) electrons. The van der Waals surface area contributed by atoms with E-state index in [0.717, 1.165) is 5.56 Å². The molecule has 0 unspecified atom stereocenters. The lowest BCUT2D eigenvalue weighted by molar-refractivity contribution is 0.00819. The number of benzene rings is 1. The maximum absolute atomic E-state index is 11.8. The summed E-state index contributed by atoms with van der Waals surface area (Å²) in [5.41, 5.74) is 1.68. The second-order valence-electron chi connectivity index (χ2n) is 5.98. The molecule has 0 bridgehead atoms. The third-order valence-corrected chi connectivity index (χ3v) is 3.17. The third kappa shape index (κ3) is 3.47. The summed E-state index contributed by atoms with van der Waals surface area (Å²) < 4.78 is 5.32. The van der Waals surface area contributed by atoms with Gasteiger partial charge in [0.15, 0.2) is 0 Å². The molecular weight excluding hydrogens is 242 g/mol. The van der Waals surface area contributed by atoms with Crippen LogP contribution in [0.3, 0.4) is 0 Å². The fourth-order valence-corrected chi connectivity index (χ4v) is 2.06. The number of likely N-dealkylation sites (tertiary alicyclic amines) is 1. The summed E-state index contributed by atoms with van der Waals surface area (Å²) in [6, 6.07) is 7.88. The number of amides is 1. The molecule has 0 spiro atoms. The molecule has 4 heteroatoms. The van der Waals surface area contributed by atoms with Gasteiger partial charge in [-0.15, -0.1) is 0 Å². The van der Waals surface area contributed by atoms with Gasteiger partial charge in [-0.05, 0) is 31.9 Å². The van der Waals surface area contributed by atoms with Crippen molar-refractivity contribution in [2.45, 2.75) is 38.9 Å². The zero-order chi connectivity index (χ0) is 14.0. The number of rotatable bonds is 2. The van der Waals surface area contributed by atoms with E-state index in [2.05, 4.69) is 0 Å². The number of hydrogen-bond donors (Lipinski definition) is 1. The van der Waals surface area contributed by atoms with Gasteiger partial charge in [0.25, 0.3) is 0 Å². The third-order valence-electron chi connectivity index (χ3n) is 3.17. The molecule has 1 aliphatic rings. The van der Waals surface area contributed by atoms with Gasteiger partial charge in [0, 0.05) is 19.0 Å². The fraction of sp³-hybridized carbons (Fsp3) is 0.533. The molecule has 19 heavy (non-hydrogen) atoms. The van der Waals surface area contributed by atoms with Gasteiger partial charge in [-0.3, -0.25) is 0 Å². The number of ether oxygens (including phenoxy) is 1. The summed E-state index contributed by atoms with van der Waals surface area (Å²) in [6.07, 6.45) is -0.240. The van der Waals surface area contributed by atoms with E-state index < -0.39 is 5.60 Å². The van der Waals surface area contributed by atoms with E-state index in [4.69, 9.17) is 9.84 Å². The van der Waals surface area contributed by atoms with Crippen molar-refractivity contribution in [3.63, 3.8) is 0 Å². The minimum absolute atomic E-state index is 0.0645. The second kappa shape index (κ2) is 5.21. The van der Waals surface area contributed by atoms with Crippen molar-refractivity contribution < 1.29 is 14.6 Å². The summed E-state index contributed by atoms with van der Waals surface area (Å²) in [4.78, 5) is 13.5. The standard InChI is InChI=1S/C15H21NO3/c1-15(2,3)19-14(18)16-8-13(9-16)12-6-4-11(10-17)5-7-12/h4-7,13,17H,8-10H2,1-3H3. The van der Waals surface area contributed by atoms with Gasteiger partial charge < -0.3 is 14.7 Å². The van der Waals surface area contributed by atoms with Crippen molar-refractivity contribution in [3.05, 3.63) is 35.4 Å². The Morgan fingerprint density at radius 1 is 1.32 bits per heavy atom. The van der Waals surface area contributed by atoms with E-state index in [1.54, 1.807) is 4.90 Å². The molecule has 1 N–H and O–H groups in total. The van der Waals surface area contributed by atoms with Crippen LogP contribution in [0.15, 0.2) is 24.3 Å². The summed E-state index contributed by atoms with van der Waals surface area (Å²) >= 11 is 0. The number of hydrogen-bond acceptors (Lipinski definition) is 3. The second-order valence-corrected chi connectivity index (χ2v) is 5.98. The lowest BCUT2D eigenvalue weighted by Crippen LogP contribution is -2.50. The molecule has 2 rings (SSSR count). The van der Waals surface area contributed by atoms with E-state index in [0.29, 0.717) is 19.0 Å². The van der Waals surface area contributed by atoms with Gasteiger partial charge in [-0.25, -0.2) is 4.79 Å². The first kappa shape index (κ1) is 13.9. The van der Waals surface area contributed by atoms with Crippen molar-refractivity contribution in [3.8, 4) is 0 Å². The van der Waals surface area contributed by atoms with Crippen LogP contribution >= 0.6 is 0 Å². The van der Waals surface area contributed by atoms with Crippen molar-refractivity contribution in [2.75, 3.05) is 13.1 Å². The Bertz CT molecular complexity index is 441. The smallest absolute Gasteiger partial charge is 0.410 e. The predicted octanol–water partition coefficient (Wildman–Crippen LogP) is 2.51. The Labute approximate surface area is 114 Å². The SMILES string of the molecule is CC(C)(C)OC(=O)N1CC(c2ccc(CO)cc2)C1. The minimum atomic E-state index is -0.440. The van der Waals surface area contributed by atoms with Gasteiger partial charge in [-0.2, -0.15) is 0 Å². The first-order valence-corrected chi connectivity index (χ1v) is 6.56. The molecule has 1 aromatic rings. The van der Waals surface area contributed by atoms with E-state index >= 15 is 0 Å². The largest absolute Gasteiger partial charge is 0.444 e. The van der Waals surface area contributed by atoms with Crippen LogP contribution in [0, 0.1) is 0 Å². The van der Waals surface area contributed by atoms with Crippen molar-refractivity contribution in [1.82, 2.24) is 4.90 Å². The van der Waals surface area contributed by atoms with E-state index in [1.165, 1.54) is 5.56 Å². The quantitative estimate of drug-likeness (QED) is 0.892. The number of carbonyl (C=O) groups is 1. The summed E-state index contributed by atoms with van der Waals surface area (Å²) in [5.74, 6) is 0.375. The van der Waals surface area contributed by atoms with E-state index in [1.807, 2.05) is 45.0 Å². The van der Waals surface area contributed by atoms with Crippen LogP contribution in [0.25, 0.3) is 0 Å². The minimum Gasteiger partial charge on any atom is -0.444 e. The Morgan fingerprint density at radius 3 is 2.37 bits per heavy atom. The summed E-state index contributed by atoms with van der Waals surface area (Å²) in [7, 11) is 0. The first-order chi connectivity index (χ1) is 8.89. The Hall–Kier alpha value is -1.55. The van der Waals surface area contributed by atoms with Crippen molar-refractivity contribution in [1.29, 1.82) is 0 Å². The highest BCUT2D eigenvalue weighted by Crippen LogP contribution is 2.28. The summed E-state index contributed by atoms with van der Waals surface area (Å²) in [5, 5.41) is 8.99. The van der Waals surface area contributed by atoms with E-state index in [9.17, 15) is 4.79 Å². The monoisotopic (exact) mass is 263 g/mol. The van der Waals surface area contributed by atoms with Gasteiger partial charge in [-0.1, -0.05) is 24.3 Å². The molecule has 0 atom stereocenters. The predicted molar refractivity (Wildman–Crippen MR) is 72.9 cm³/mol. The molecule has 0 saturated carbocycles. The number of aliphatic hydroxyl groups excluding tert-OH is 1. The molecule has 0 aliphatic carbocycles. The highest BCUT2D eigenvalue weighted by atomic mass is 16.6. The van der Waals surface area contributed by atoms with Crippen LogP contribution in [0.4, 0.5) is 4.79 Å². The number of carbonyl (C=O) groups excluding carboxylic acids is 1. The lowest BCUT2D eigenvalue weighted by Gasteiger charge is -2.40. The Balaban J connectivity index is 1.87. The molecule has 1 heterocycles. The van der Waals surface area contributed by atoms with Gasteiger partial charge in [0.2, 0.25) is 0 Å². The molecule has 4 nitrogen and oxygen atoms in total. The van der Waals surface area contributed by atoms with Crippen LogP contribution in [0.5, 0.6) is 0 Å². The fourth-order valence-electron chi connectivity index (χ4n) is 2.06. The van der Waals surface area contributed by atoms with Crippen LogP contribution < -0.4 is 0 Å². The Morgan fingerprint density at radius 2 is 1.89 bits per heavy atom. The maximum atomic E-state index is 11.8. The normalized spacial score (nSPS) is 16.1. The van der Waals surface area contributed by atoms with Crippen molar-refractivity contribution >= 4 is 6.09 Å². The zero-order valence-corrected chi connectivity index (χ0v) is 11.7. The van der Waals surface area contributed by atoms with Gasteiger partial charge in [0.05, 0.1) is 6.61 Å². The van der Waals surface area contributed by atoms with Crippen LogP contribution in [-0.4, -0.2) is 34.8 Å². The number of nitrogens with zero attached hydrogens (tertiary/aromatic N) is 1. The molecule has 1 aromatic carbocycles. The van der Waals surface area contributed by atoms with Gasteiger partial charge in [0.1, 0.15) is 5.60 Å². The maximum Gasteiger partial charge on any atom is 0.410 e. The van der Waals surface area contributed by atoms with Crippen LogP contribution in [0.1, 0.15) is 37.8 Å². The molecule has 1 amide bonds. The van der Waals surface area contributed by atoms with Crippen molar-refractivity contribution in [2.24, 2.45) is 0 Å². The topological polar surface area (TPSA) is 49.8 Å². The average molecular weight is 263 g/mol. The zero-order valence-electron chi connectivity index (χ0n) is 11.7. The number of aliphatic hydroxyl groups is 1. The highest BCUT2D eigenvalue weighted by molar-refractivity contribution is 5.69. The lowest BCUT2D eigenvalue weighted by atomic mass is 9.91.